The standard InChI is InChI=1S/C14H29N3O/c1-4-12-6-8-13(9-7-12)17(5-2)10-11(3)14(15)16-18/h11-13,18H,4-10H2,1-3H3,(H2,15,16). The zero-order valence-electron chi connectivity index (χ0n) is 12.1. The Morgan fingerprint density at radius 3 is 2.39 bits per heavy atom. The van der Waals surface area contributed by atoms with Crippen LogP contribution in [0.2, 0.25) is 0 Å². The molecule has 4 nitrogen and oxygen atoms in total. The van der Waals surface area contributed by atoms with Gasteiger partial charge in [-0.05, 0) is 38.1 Å². The molecule has 0 aromatic carbocycles. The van der Waals surface area contributed by atoms with Crippen LogP contribution in [0.5, 0.6) is 0 Å². The summed E-state index contributed by atoms with van der Waals surface area (Å²) in [4.78, 5) is 2.49. The van der Waals surface area contributed by atoms with Crippen LogP contribution in [0.4, 0.5) is 0 Å². The van der Waals surface area contributed by atoms with E-state index in [0.717, 1.165) is 19.0 Å². The van der Waals surface area contributed by atoms with Crippen LogP contribution in [0.1, 0.15) is 52.9 Å². The lowest BCUT2D eigenvalue weighted by atomic mass is 9.83. The smallest absolute Gasteiger partial charge is 0.143 e. The molecule has 4 heteroatoms. The molecule has 1 unspecified atom stereocenters. The van der Waals surface area contributed by atoms with E-state index in [2.05, 4.69) is 23.9 Å². The Labute approximate surface area is 111 Å². The second kappa shape index (κ2) is 7.62. The third kappa shape index (κ3) is 4.16. The van der Waals surface area contributed by atoms with E-state index >= 15 is 0 Å². The molecule has 3 N–H and O–H groups in total. The summed E-state index contributed by atoms with van der Waals surface area (Å²) in [5.41, 5.74) is 5.67. The van der Waals surface area contributed by atoms with Crippen molar-refractivity contribution < 1.29 is 5.21 Å². The monoisotopic (exact) mass is 255 g/mol. The maximum Gasteiger partial charge on any atom is 0.143 e. The molecule has 106 valence electrons. The van der Waals surface area contributed by atoms with Crippen molar-refractivity contribution in [3.05, 3.63) is 0 Å². The van der Waals surface area contributed by atoms with Crippen LogP contribution < -0.4 is 5.73 Å². The highest BCUT2D eigenvalue weighted by atomic mass is 16.4. The average Bonchev–Trinajstić information content (AvgIpc) is 2.43. The Morgan fingerprint density at radius 2 is 1.94 bits per heavy atom. The first-order valence-corrected chi connectivity index (χ1v) is 7.33. The van der Waals surface area contributed by atoms with Crippen LogP contribution in [0.25, 0.3) is 0 Å². The molecule has 0 aliphatic heterocycles. The highest BCUT2D eigenvalue weighted by Crippen LogP contribution is 2.29. The summed E-state index contributed by atoms with van der Waals surface area (Å²) >= 11 is 0. The fraction of sp³-hybridized carbons (Fsp3) is 0.929. The molecular formula is C14H29N3O. The van der Waals surface area contributed by atoms with E-state index in [1.165, 1.54) is 32.1 Å². The van der Waals surface area contributed by atoms with E-state index in [4.69, 9.17) is 10.9 Å². The third-order valence-corrected chi connectivity index (χ3v) is 4.44. The fourth-order valence-electron chi connectivity index (χ4n) is 3.00. The Kier molecular flexibility index (Phi) is 6.47. The van der Waals surface area contributed by atoms with Crippen LogP contribution in [0.15, 0.2) is 5.16 Å². The number of rotatable bonds is 6. The highest BCUT2D eigenvalue weighted by Gasteiger charge is 2.25. The van der Waals surface area contributed by atoms with E-state index < -0.39 is 0 Å². The topological polar surface area (TPSA) is 61.8 Å². The largest absolute Gasteiger partial charge is 0.409 e. The molecule has 0 bridgehead atoms. The zero-order chi connectivity index (χ0) is 13.5. The lowest BCUT2D eigenvalue weighted by Crippen LogP contribution is -2.43. The van der Waals surface area contributed by atoms with Crippen molar-refractivity contribution in [2.75, 3.05) is 13.1 Å². The van der Waals surface area contributed by atoms with Gasteiger partial charge < -0.3 is 10.9 Å². The lowest BCUT2D eigenvalue weighted by Gasteiger charge is -2.37. The summed E-state index contributed by atoms with van der Waals surface area (Å²) in [6, 6.07) is 0.687. The van der Waals surface area contributed by atoms with E-state index in [0.29, 0.717) is 11.9 Å². The number of nitrogens with two attached hydrogens (primary N) is 1. The second-order valence-electron chi connectivity index (χ2n) is 5.60. The molecule has 0 heterocycles. The number of nitrogens with zero attached hydrogens (tertiary/aromatic N) is 2. The van der Waals surface area contributed by atoms with Gasteiger partial charge in [0.25, 0.3) is 0 Å². The summed E-state index contributed by atoms with van der Waals surface area (Å²) < 4.78 is 0. The van der Waals surface area contributed by atoms with Gasteiger partial charge in [0.2, 0.25) is 0 Å². The van der Waals surface area contributed by atoms with Crippen molar-refractivity contribution in [2.24, 2.45) is 22.7 Å². The van der Waals surface area contributed by atoms with Gasteiger partial charge in [0.05, 0.1) is 0 Å². The number of hydrogen-bond acceptors (Lipinski definition) is 3. The fourth-order valence-corrected chi connectivity index (χ4v) is 3.00. The van der Waals surface area contributed by atoms with Crippen LogP contribution >= 0.6 is 0 Å². The maximum absolute atomic E-state index is 8.71. The maximum atomic E-state index is 8.71. The second-order valence-corrected chi connectivity index (χ2v) is 5.60. The molecule has 0 spiro atoms. The lowest BCUT2D eigenvalue weighted by molar-refractivity contribution is 0.133. The molecular weight excluding hydrogens is 226 g/mol. The Balaban J connectivity index is 2.47. The summed E-state index contributed by atoms with van der Waals surface area (Å²) in [6.45, 7) is 8.46. The minimum absolute atomic E-state index is 0.124. The van der Waals surface area contributed by atoms with Crippen molar-refractivity contribution in [3.63, 3.8) is 0 Å². The summed E-state index contributed by atoms with van der Waals surface area (Å²) in [5, 5.41) is 11.8. The number of amidine groups is 1. The minimum Gasteiger partial charge on any atom is -0.409 e. The molecule has 18 heavy (non-hydrogen) atoms. The van der Waals surface area contributed by atoms with E-state index in [1.54, 1.807) is 0 Å². The summed E-state index contributed by atoms with van der Waals surface area (Å²) in [6.07, 6.45) is 6.63. The average molecular weight is 255 g/mol. The zero-order valence-corrected chi connectivity index (χ0v) is 12.1. The van der Waals surface area contributed by atoms with Crippen LogP contribution in [0.3, 0.4) is 0 Å². The first-order valence-electron chi connectivity index (χ1n) is 7.33. The molecule has 0 amide bonds. The Morgan fingerprint density at radius 1 is 1.33 bits per heavy atom. The first-order chi connectivity index (χ1) is 8.62. The van der Waals surface area contributed by atoms with E-state index in [1.807, 2.05) is 6.92 Å². The van der Waals surface area contributed by atoms with Gasteiger partial charge in [-0.25, -0.2) is 0 Å². The van der Waals surface area contributed by atoms with Gasteiger partial charge in [0.1, 0.15) is 5.84 Å². The molecule has 0 radical (unpaired) electrons. The predicted octanol–water partition coefficient (Wildman–Crippen LogP) is 2.66. The van der Waals surface area contributed by atoms with Crippen molar-refractivity contribution in [2.45, 2.75) is 58.9 Å². The van der Waals surface area contributed by atoms with Crippen LogP contribution in [-0.2, 0) is 0 Å². The minimum atomic E-state index is 0.124. The molecule has 1 atom stereocenters. The molecule has 1 rings (SSSR count). The Bertz CT molecular complexity index is 260. The summed E-state index contributed by atoms with van der Waals surface area (Å²) in [7, 11) is 0. The van der Waals surface area contributed by atoms with Gasteiger partial charge in [-0.2, -0.15) is 0 Å². The Hall–Kier alpha value is -0.770. The normalized spacial score (nSPS) is 27.4. The molecule has 0 aromatic heterocycles. The van der Waals surface area contributed by atoms with Gasteiger partial charge in [-0.1, -0.05) is 32.3 Å². The predicted molar refractivity (Wildman–Crippen MR) is 75.9 cm³/mol. The molecule has 1 aliphatic carbocycles. The molecule has 1 aliphatic rings. The third-order valence-electron chi connectivity index (χ3n) is 4.44. The summed E-state index contributed by atoms with van der Waals surface area (Å²) in [5.74, 6) is 1.40. The van der Waals surface area contributed by atoms with Gasteiger partial charge in [0.15, 0.2) is 0 Å². The van der Waals surface area contributed by atoms with E-state index in [9.17, 15) is 0 Å². The molecule has 0 aromatic rings. The van der Waals surface area contributed by atoms with Crippen molar-refractivity contribution in [1.29, 1.82) is 0 Å². The van der Waals surface area contributed by atoms with Crippen molar-refractivity contribution in [1.82, 2.24) is 4.90 Å². The van der Waals surface area contributed by atoms with Gasteiger partial charge in [0, 0.05) is 18.5 Å². The van der Waals surface area contributed by atoms with Gasteiger partial charge in [-0.15, -0.1) is 0 Å². The van der Waals surface area contributed by atoms with Crippen molar-refractivity contribution in [3.8, 4) is 0 Å². The molecule has 1 fully saturated rings. The molecule has 0 saturated heterocycles. The molecule has 1 saturated carbocycles. The quantitative estimate of drug-likeness (QED) is 0.332. The van der Waals surface area contributed by atoms with Gasteiger partial charge >= 0.3 is 0 Å². The first kappa shape index (κ1) is 15.3. The van der Waals surface area contributed by atoms with Crippen LogP contribution in [0, 0.1) is 11.8 Å². The van der Waals surface area contributed by atoms with Crippen molar-refractivity contribution >= 4 is 5.84 Å². The van der Waals surface area contributed by atoms with Crippen LogP contribution in [-0.4, -0.2) is 35.1 Å². The van der Waals surface area contributed by atoms with E-state index in [-0.39, 0.29) is 5.92 Å². The highest BCUT2D eigenvalue weighted by molar-refractivity contribution is 5.82. The number of hydrogen-bond donors (Lipinski definition) is 2. The number of oxime groups is 1. The SMILES string of the molecule is CCC1CCC(N(CC)CC(C)C(N)=NO)CC1. The van der Waals surface area contributed by atoms with Gasteiger partial charge in [-0.3, -0.25) is 4.90 Å².